The number of benzene rings is 2. The summed E-state index contributed by atoms with van der Waals surface area (Å²) in [5.41, 5.74) is 2.43. The molecule has 0 amide bonds. The number of hydrogen-bond acceptors (Lipinski definition) is 1. The molecule has 3 heteroatoms. The molecule has 0 saturated heterocycles. The van der Waals surface area contributed by atoms with Crippen molar-refractivity contribution >= 4 is 27.5 Å². The zero-order valence-corrected chi connectivity index (χ0v) is 11.8. The van der Waals surface area contributed by atoms with E-state index in [4.69, 9.17) is 16.3 Å². The van der Waals surface area contributed by atoms with Gasteiger partial charge in [-0.25, -0.2) is 0 Å². The van der Waals surface area contributed by atoms with Crippen LogP contribution in [-0.4, -0.2) is 7.11 Å². The number of methoxy groups -OCH3 is 1. The van der Waals surface area contributed by atoms with Gasteiger partial charge in [0, 0.05) is 9.50 Å². The van der Waals surface area contributed by atoms with Gasteiger partial charge in [0.1, 0.15) is 5.75 Å². The number of hydrogen-bond donors (Lipinski definition) is 0. The van der Waals surface area contributed by atoms with Crippen molar-refractivity contribution in [2.75, 3.05) is 7.11 Å². The van der Waals surface area contributed by atoms with E-state index in [1.807, 2.05) is 42.5 Å². The van der Waals surface area contributed by atoms with Crippen LogP contribution in [0.25, 0.3) is 0 Å². The molecule has 2 aromatic rings. The second kappa shape index (κ2) is 5.56. The standard InChI is InChI=1S/C14H12BrClO/c1-17-13-6-7-14(15)11(9-13)8-10-2-4-12(16)5-3-10/h2-7,9H,8H2,1H3. The van der Waals surface area contributed by atoms with E-state index in [2.05, 4.69) is 15.9 Å². The lowest BCUT2D eigenvalue weighted by molar-refractivity contribution is 0.414. The normalized spacial score (nSPS) is 10.3. The van der Waals surface area contributed by atoms with Crippen LogP contribution in [-0.2, 0) is 6.42 Å². The summed E-state index contributed by atoms with van der Waals surface area (Å²) in [4.78, 5) is 0. The summed E-state index contributed by atoms with van der Waals surface area (Å²) in [5.74, 6) is 0.872. The van der Waals surface area contributed by atoms with Gasteiger partial charge in [-0.2, -0.15) is 0 Å². The van der Waals surface area contributed by atoms with Crippen molar-refractivity contribution in [2.24, 2.45) is 0 Å². The Morgan fingerprint density at radius 1 is 1.12 bits per heavy atom. The minimum absolute atomic E-state index is 0.762. The van der Waals surface area contributed by atoms with Crippen molar-refractivity contribution < 1.29 is 4.74 Å². The molecule has 0 radical (unpaired) electrons. The highest BCUT2D eigenvalue weighted by Gasteiger charge is 2.03. The largest absolute Gasteiger partial charge is 0.497 e. The van der Waals surface area contributed by atoms with Crippen molar-refractivity contribution in [1.82, 2.24) is 0 Å². The monoisotopic (exact) mass is 310 g/mol. The third kappa shape index (κ3) is 3.24. The second-order valence-electron chi connectivity index (χ2n) is 3.76. The molecule has 17 heavy (non-hydrogen) atoms. The summed E-state index contributed by atoms with van der Waals surface area (Å²) in [7, 11) is 1.68. The van der Waals surface area contributed by atoms with Crippen LogP contribution in [0.4, 0.5) is 0 Å². The van der Waals surface area contributed by atoms with Gasteiger partial charge in [-0.3, -0.25) is 0 Å². The molecule has 2 rings (SSSR count). The molecule has 2 aromatic carbocycles. The maximum absolute atomic E-state index is 5.86. The van der Waals surface area contributed by atoms with Gasteiger partial charge in [-0.1, -0.05) is 39.7 Å². The van der Waals surface area contributed by atoms with Crippen LogP contribution < -0.4 is 4.74 Å². The average Bonchev–Trinajstić information content (AvgIpc) is 2.35. The van der Waals surface area contributed by atoms with Crippen molar-refractivity contribution in [3.8, 4) is 5.75 Å². The Hall–Kier alpha value is -0.990. The molecule has 0 aliphatic rings. The molecular weight excluding hydrogens is 300 g/mol. The molecule has 0 fully saturated rings. The molecule has 0 atom stereocenters. The molecule has 0 N–H and O–H groups in total. The van der Waals surface area contributed by atoms with Crippen molar-refractivity contribution in [1.29, 1.82) is 0 Å². The molecule has 0 heterocycles. The van der Waals surface area contributed by atoms with E-state index in [-0.39, 0.29) is 0 Å². The van der Waals surface area contributed by atoms with E-state index in [1.165, 1.54) is 11.1 Å². The molecule has 0 aliphatic carbocycles. The van der Waals surface area contributed by atoms with E-state index in [1.54, 1.807) is 7.11 Å². The molecule has 0 aliphatic heterocycles. The third-order valence-electron chi connectivity index (χ3n) is 2.56. The van der Waals surface area contributed by atoms with Crippen LogP contribution in [0.1, 0.15) is 11.1 Å². The van der Waals surface area contributed by atoms with Gasteiger partial charge in [0.25, 0.3) is 0 Å². The zero-order chi connectivity index (χ0) is 12.3. The van der Waals surface area contributed by atoms with E-state index in [9.17, 15) is 0 Å². The van der Waals surface area contributed by atoms with Crippen LogP contribution in [0.3, 0.4) is 0 Å². The Balaban J connectivity index is 2.25. The van der Waals surface area contributed by atoms with Crippen molar-refractivity contribution in [2.45, 2.75) is 6.42 Å². The first-order valence-corrected chi connectivity index (χ1v) is 6.43. The predicted molar refractivity (Wildman–Crippen MR) is 75.0 cm³/mol. The maximum atomic E-state index is 5.86. The smallest absolute Gasteiger partial charge is 0.119 e. The SMILES string of the molecule is COc1ccc(Br)c(Cc2ccc(Cl)cc2)c1. The van der Waals surface area contributed by atoms with Gasteiger partial charge in [0.15, 0.2) is 0 Å². The molecular formula is C14H12BrClO. The highest BCUT2D eigenvalue weighted by atomic mass is 79.9. The molecule has 0 bridgehead atoms. The summed E-state index contributed by atoms with van der Waals surface area (Å²) < 4.78 is 6.32. The van der Waals surface area contributed by atoms with Crippen LogP contribution >= 0.6 is 27.5 Å². The fourth-order valence-electron chi connectivity index (χ4n) is 1.64. The summed E-state index contributed by atoms with van der Waals surface area (Å²) in [6.45, 7) is 0. The molecule has 0 spiro atoms. The lowest BCUT2D eigenvalue weighted by atomic mass is 10.1. The lowest BCUT2D eigenvalue weighted by Crippen LogP contribution is -1.91. The Labute approximate surface area is 115 Å². The lowest BCUT2D eigenvalue weighted by Gasteiger charge is -2.07. The Morgan fingerprint density at radius 3 is 2.47 bits per heavy atom. The van der Waals surface area contributed by atoms with E-state index < -0.39 is 0 Å². The fraction of sp³-hybridized carbons (Fsp3) is 0.143. The topological polar surface area (TPSA) is 9.23 Å². The summed E-state index contributed by atoms with van der Waals surface area (Å²) >= 11 is 9.41. The van der Waals surface area contributed by atoms with E-state index in [0.29, 0.717) is 0 Å². The Morgan fingerprint density at radius 2 is 1.82 bits per heavy atom. The second-order valence-corrected chi connectivity index (χ2v) is 5.05. The van der Waals surface area contributed by atoms with Gasteiger partial charge in [0.2, 0.25) is 0 Å². The quantitative estimate of drug-likeness (QED) is 0.798. The highest BCUT2D eigenvalue weighted by molar-refractivity contribution is 9.10. The average molecular weight is 312 g/mol. The van der Waals surface area contributed by atoms with Gasteiger partial charge < -0.3 is 4.74 Å². The first kappa shape index (κ1) is 12.5. The Bertz CT molecular complexity index is 508. The van der Waals surface area contributed by atoms with E-state index in [0.717, 1.165) is 21.7 Å². The molecule has 1 nitrogen and oxygen atoms in total. The van der Waals surface area contributed by atoms with Gasteiger partial charge in [0.05, 0.1) is 7.11 Å². The fourth-order valence-corrected chi connectivity index (χ4v) is 2.15. The van der Waals surface area contributed by atoms with Crippen LogP contribution in [0.5, 0.6) is 5.75 Å². The van der Waals surface area contributed by atoms with Gasteiger partial charge in [-0.05, 0) is 47.9 Å². The van der Waals surface area contributed by atoms with Gasteiger partial charge >= 0.3 is 0 Å². The summed E-state index contributed by atoms with van der Waals surface area (Å²) in [6.07, 6.45) is 0.856. The first-order chi connectivity index (χ1) is 8.19. The summed E-state index contributed by atoms with van der Waals surface area (Å²) in [5, 5.41) is 0.762. The highest BCUT2D eigenvalue weighted by Crippen LogP contribution is 2.25. The maximum Gasteiger partial charge on any atom is 0.119 e. The number of rotatable bonds is 3. The molecule has 0 saturated carbocycles. The van der Waals surface area contributed by atoms with E-state index >= 15 is 0 Å². The molecule has 88 valence electrons. The number of ether oxygens (including phenoxy) is 1. The predicted octanol–water partition coefficient (Wildman–Crippen LogP) is 4.70. The minimum Gasteiger partial charge on any atom is -0.497 e. The van der Waals surface area contributed by atoms with Crippen molar-refractivity contribution in [3.05, 3.63) is 63.1 Å². The minimum atomic E-state index is 0.762. The Kier molecular flexibility index (Phi) is 4.08. The summed E-state index contributed by atoms with van der Waals surface area (Å²) in [6, 6.07) is 13.9. The van der Waals surface area contributed by atoms with Crippen molar-refractivity contribution in [3.63, 3.8) is 0 Å². The van der Waals surface area contributed by atoms with Gasteiger partial charge in [-0.15, -0.1) is 0 Å². The molecule has 0 unspecified atom stereocenters. The number of halogens is 2. The van der Waals surface area contributed by atoms with Crippen LogP contribution in [0, 0.1) is 0 Å². The third-order valence-corrected chi connectivity index (χ3v) is 3.59. The molecule has 0 aromatic heterocycles. The zero-order valence-electron chi connectivity index (χ0n) is 9.41. The first-order valence-electron chi connectivity index (χ1n) is 5.26. The van der Waals surface area contributed by atoms with Crippen LogP contribution in [0.15, 0.2) is 46.9 Å². The van der Waals surface area contributed by atoms with Crippen LogP contribution in [0.2, 0.25) is 5.02 Å².